The third kappa shape index (κ3) is 5.56. The number of nitrogens with zero attached hydrogens (tertiary/aromatic N) is 3. The van der Waals surface area contributed by atoms with Gasteiger partial charge < -0.3 is 24.6 Å². The number of nitrogens with one attached hydrogen (secondary N) is 1. The summed E-state index contributed by atoms with van der Waals surface area (Å²) in [6, 6.07) is 0. The maximum absolute atomic E-state index is 5.94. The van der Waals surface area contributed by atoms with Crippen molar-refractivity contribution in [2.75, 3.05) is 59.5 Å². The summed E-state index contributed by atoms with van der Waals surface area (Å²) in [7, 11) is 1.88. The molecule has 0 aliphatic carbocycles. The van der Waals surface area contributed by atoms with E-state index in [0.717, 1.165) is 57.6 Å². The lowest BCUT2D eigenvalue weighted by molar-refractivity contribution is -0.0816. The van der Waals surface area contributed by atoms with Gasteiger partial charge >= 0.3 is 0 Å². The van der Waals surface area contributed by atoms with Gasteiger partial charge in [0.2, 0.25) is 0 Å². The van der Waals surface area contributed by atoms with Crippen LogP contribution in [0.25, 0.3) is 0 Å². The van der Waals surface area contributed by atoms with E-state index in [0.29, 0.717) is 0 Å². The monoisotopic (exact) mass is 352 g/mol. The normalized spacial score (nSPS) is 30.0. The summed E-state index contributed by atoms with van der Waals surface area (Å²) in [5, 5.41) is 3.55. The van der Waals surface area contributed by atoms with Crippen molar-refractivity contribution in [3.63, 3.8) is 0 Å². The van der Waals surface area contributed by atoms with E-state index >= 15 is 0 Å². The predicted octanol–water partition coefficient (Wildman–Crippen LogP) is 1.56. The first-order valence-corrected chi connectivity index (χ1v) is 10.2. The van der Waals surface area contributed by atoms with Crippen LogP contribution in [0.4, 0.5) is 0 Å². The Morgan fingerprint density at radius 1 is 1.08 bits per heavy atom. The van der Waals surface area contributed by atoms with Crippen LogP contribution < -0.4 is 5.32 Å². The van der Waals surface area contributed by atoms with Gasteiger partial charge in [-0.05, 0) is 57.7 Å². The summed E-state index contributed by atoms with van der Waals surface area (Å²) >= 11 is 0. The molecule has 25 heavy (non-hydrogen) atoms. The average Bonchev–Trinajstić information content (AvgIpc) is 3.18. The second-order valence-electron chi connectivity index (χ2n) is 7.76. The molecule has 0 bridgehead atoms. The van der Waals surface area contributed by atoms with Gasteiger partial charge in [-0.1, -0.05) is 6.92 Å². The smallest absolute Gasteiger partial charge is 0.193 e. The topological polar surface area (TPSA) is 49.3 Å². The van der Waals surface area contributed by atoms with Crippen molar-refractivity contribution in [2.24, 2.45) is 10.9 Å². The Kier molecular flexibility index (Phi) is 7.37. The summed E-state index contributed by atoms with van der Waals surface area (Å²) in [6.45, 7) is 10.5. The van der Waals surface area contributed by atoms with Crippen LogP contribution in [-0.4, -0.2) is 87.5 Å². The molecular formula is C19H36N4O2. The summed E-state index contributed by atoms with van der Waals surface area (Å²) in [5.41, 5.74) is 0. The SMILES string of the molecule is CN=C(NCCCN1CCC(C)CC1)N1CCOC(C2CCCO2)C1. The van der Waals surface area contributed by atoms with E-state index in [-0.39, 0.29) is 12.2 Å². The highest BCUT2D eigenvalue weighted by molar-refractivity contribution is 5.80. The molecule has 0 aromatic rings. The van der Waals surface area contributed by atoms with Gasteiger partial charge in [-0.25, -0.2) is 0 Å². The molecule has 0 aromatic carbocycles. The van der Waals surface area contributed by atoms with Gasteiger partial charge in [-0.15, -0.1) is 0 Å². The van der Waals surface area contributed by atoms with Crippen LogP contribution in [0.5, 0.6) is 0 Å². The van der Waals surface area contributed by atoms with E-state index < -0.39 is 0 Å². The lowest BCUT2D eigenvalue weighted by atomic mass is 9.99. The Balaban J connectivity index is 1.37. The molecule has 3 fully saturated rings. The highest BCUT2D eigenvalue weighted by Gasteiger charge is 2.32. The van der Waals surface area contributed by atoms with E-state index in [2.05, 4.69) is 27.0 Å². The van der Waals surface area contributed by atoms with E-state index in [1.807, 2.05) is 7.05 Å². The molecule has 2 atom stereocenters. The van der Waals surface area contributed by atoms with Crippen LogP contribution in [0, 0.1) is 5.92 Å². The maximum atomic E-state index is 5.94. The van der Waals surface area contributed by atoms with E-state index in [4.69, 9.17) is 9.47 Å². The Hall–Kier alpha value is -0.850. The summed E-state index contributed by atoms with van der Waals surface area (Å²) in [6.07, 6.45) is 6.62. The van der Waals surface area contributed by atoms with Crippen LogP contribution in [0.1, 0.15) is 39.0 Å². The summed E-state index contributed by atoms with van der Waals surface area (Å²) in [5.74, 6) is 1.92. The number of morpholine rings is 1. The van der Waals surface area contributed by atoms with Crippen LogP contribution in [0.3, 0.4) is 0 Å². The molecule has 6 nitrogen and oxygen atoms in total. The van der Waals surface area contributed by atoms with Crippen molar-refractivity contribution in [2.45, 2.75) is 51.2 Å². The number of hydrogen-bond donors (Lipinski definition) is 1. The lowest BCUT2D eigenvalue weighted by Gasteiger charge is -2.37. The molecule has 6 heteroatoms. The highest BCUT2D eigenvalue weighted by atomic mass is 16.5. The van der Waals surface area contributed by atoms with Gasteiger partial charge in [-0.2, -0.15) is 0 Å². The minimum Gasteiger partial charge on any atom is -0.375 e. The standard InChI is InChI=1S/C19H36N4O2/c1-16-6-10-22(11-7-16)9-4-8-21-19(20-2)23-12-14-25-18(15-23)17-5-3-13-24-17/h16-18H,3-15H2,1-2H3,(H,20,21). The largest absolute Gasteiger partial charge is 0.375 e. The number of hydrogen-bond acceptors (Lipinski definition) is 4. The first-order chi connectivity index (χ1) is 12.3. The van der Waals surface area contributed by atoms with Crippen LogP contribution in [0.15, 0.2) is 4.99 Å². The van der Waals surface area contributed by atoms with Crippen molar-refractivity contribution in [1.29, 1.82) is 0 Å². The number of rotatable bonds is 5. The first kappa shape index (κ1) is 18.9. The fourth-order valence-corrected chi connectivity index (χ4v) is 4.11. The number of aliphatic imine (C=N–C) groups is 1. The zero-order chi connectivity index (χ0) is 17.5. The third-order valence-corrected chi connectivity index (χ3v) is 5.79. The second kappa shape index (κ2) is 9.74. The second-order valence-corrected chi connectivity index (χ2v) is 7.76. The van der Waals surface area contributed by atoms with Gasteiger partial charge in [0.25, 0.3) is 0 Å². The molecule has 0 saturated carbocycles. The fourth-order valence-electron chi connectivity index (χ4n) is 4.11. The summed E-state index contributed by atoms with van der Waals surface area (Å²) < 4.78 is 11.8. The quantitative estimate of drug-likeness (QED) is 0.462. The molecule has 3 saturated heterocycles. The van der Waals surface area contributed by atoms with Gasteiger partial charge in [-0.3, -0.25) is 4.99 Å². The molecule has 2 unspecified atom stereocenters. The van der Waals surface area contributed by atoms with Crippen LogP contribution >= 0.6 is 0 Å². The highest BCUT2D eigenvalue weighted by Crippen LogP contribution is 2.21. The summed E-state index contributed by atoms with van der Waals surface area (Å²) in [4.78, 5) is 9.42. The molecular weight excluding hydrogens is 316 g/mol. The Morgan fingerprint density at radius 2 is 1.88 bits per heavy atom. The first-order valence-electron chi connectivity index (χ1n) is 10.2. The van der Waals surface area contributed by atoms with E-state index in [1.54, 1.807) is 0 Å². The molecule has 0 amide bonds. The maximum Gasteiger partial charge on any atom is 0.193 e. The minimum atomic E-state index is 0.185. The van der Waals surface area contributed by atoms with E-state index in [9.17, 15) is 0 Å². The van der Waals surface area contributed by atoms with Gasteiger partial charge in [0.05, 0.1) is 12.7 Å². The van der Waals surface area contributed by atoms with Crippen LogP contribution in [-0.2, 0) is 9.47 Å². The van der Waals surface area contributed by atoms with Gasteiger partial charge in [0, 0.05) is 33.3 Å². The number of likely N-dealkylation sites (tertiary alicyclic amines) is 1. The minimum absolute atomic E-state index is 0.185. The molecule has 3 aliphatic heterocycles. The van der Waals surface area contributed by atoms with E-state index in [1.165, 1.54) is 38.9 Å². The molecule has 3 aliphatic rings. The molecule has 3 heterocycles. The molecule has 1 N–H and O–H groups in total. The fraction of sp³-hybridized carbons (Fsp3) is 0.947. The van der Waals surface area contributed by atoms with Crippen molar-refractivity contribution in [1.82, 2.24) is 15.1 Å². The van der Waals surface area contributed by atoms with Crippen molar-refractivity contribution in [3.8, 4) is 0 Å². The Bertz CT molecular complexity index is 418. The zero-order valence-corrected chi connectivity index (χ0v) is 16.1. The number of guanidine groups is 1. The van der Waals surface area contributed by atoms with Crippen molar-refractivity contribution in [3.05, 3.63) is 0 Å². The number of ether oxygens (including phenoxy) is 2. The molecule has 0 aromatic heterocycles. The molecule has 0 spiro atoms. The lowest BCUT2D eigenvalue weighted by Crippen LogP contribution is -2.53. The van der Waals surface area contributed by atoms with Crippen molar-refractivity contribution < 1.29 is 9.47 Å². The Morgan fingerprint density at radius 3 is 2.60 bits per heavy atom. The van der Waals surface area contributed by atoms with Crippen LogP contribution in [0.2, 0.25) is 0 Å². The molecule has 3 rings (SSSR count). The van der Waals surface area contributed by atoms with Gasteiger partial charge in [0.1, 0.15) is 6.10 Å². The predicted molar refractivity (Wildman–Crippen MR) is 101 cm³/mol. The molecule has 0 radical (unpaired) electrons. The Labute approximate surface area is 152 Å². The van der Waals surface area contributed by atoms with Crippen molar-refractivity contribution >= 4 is 5.96 Å². The third-order valence-electron chi connectivity index (χ3n) is 5.79. The average molecular weight is 353 g/mol. The van der Waals surface area contributed by atoms with Gasteiger partial charge in [0.15, 0.2) is 5.96 Å². The molecule has 144 valence electrons. The zero-order valence-electron chi connectivity index (χ0n) is 16.1. The number of piperidine rings is 1.